The quantitative estimate of drug-likeness (QED) is 0.603. The minimum atomic E-state index is -4.05. The molecule has 0 aliphatic heterocycles. The molecule has 5 heteroatoms. The molecule has 1 N–H and O–H groups in total. The molecule has 0 amide bonds. The number of hydrogen-bond donors (Lipinski definition) is 1. The van der Waals surface area contributed by atoms with E-state index in [1.807, 2.05) is 0 Å². The highest BCUT2D eigenvalue weighted by molar-refractivity contribution is 4.53. The van der Waals surface area contributed by atoms with Crippen molar-refractivity contribution < 1.29 is 17.9 Å². The summed E-state index contributed by atoms with van der Waals surface area (Å²) in [5.41, 5.74) is 0. The maximum atomic E-state index is 11.8. The molecule has 0 aromatic heterocycles. The molecule has 0 saturated heterocycles. The molecule has 0 unspecified atom stereocenters. The summed E-state index contributed by atoms with van der Waals surface area (Å²) in [7, 11) is 0. The summed E-state index contributed by atoms with van der Waals surface area (Å²) in [5.74, 6) is 0. The van der Waals surface area contributed by atoms with Gasteiger partial charge in [-0.3, -0.25) is 0 Å². The van der Waals surface area contributed by atoms with E-state index in [4.69, 9.17) is 4.74 Å². The highest BCUT2D eigenvalue weighted by Crippen LogP contribution is 2.20. The zero-order chi connectivity index (χ0) is 13.1. The molecule has 0 fully saturated rings. The van der Waals surface area contributed by atoms with Gasteiger partial charge < -0.3 is 10.1 Å². The first-order valence-electron chi connectivity index (χ1n) is 6.29. The smallest absolute Gasteiger partial charge is 0.381 e. The molecule has 0 spiro atoms. The van der Waals surface area contributed by atoms with E-state index >= 15 is 0 Å². The van der Waals surface area contributed by atoms with Crippen molar-refractivity contribution in [1.29, 1.82) is 0 Å². The van der Waals surface area contributed by atoms with Gasteiger partial charge in [0.2, 0.25) is 0 Å². The normalized spacial score (nSPS) is 12.4. The van der Waals surface area contributed by atoms with Crippen LogP contribution in [0, 0.1) is 0 Å². The molecule has 0 aliphatic carbocycles. The van der Waals surface area contributed by atoms with Crippen molar-refractivity contribution in [3.05, 3.63) is 0 Å². The molecule has 0 radical (unpaired) electrons. The fraction of sp³-hybridized carbons (Fsp3) is 1.00. The van der Waals surface area contributed by atoms with Gasteiger partial charge in [-0.05, 0) is 32.2 Å². The molecule has 0 saturated carbocycles. The summed E-state index contributed by atoms with van der Waals surface area (Å²) < 4.78 is 40.5. The van der Waals surface area contributed by atoms with Crippen molar-refractivity contribution in [2.24, 2.45) is 0 Å². The molecule has 2 nitrogen and oxygen atoms in total. The van der Waals surface area contributed by atoms with E-state index in [1.54, 1.807) is 0 Å². The Balaban J connectivity index is 3.04. The number of alkyl halides is 3. The van der Waals surface area contributed by atoms with Crippen molar-refractivity contribution in [3.63, 3.8) is 0 Å². The first kappa shape index (κ1) is 16.7. The number of halogens is 3. The average molecular weight is 255 g/mol. The monoisotopic (exact) mass is 255 g/mol. The first-order valence-corrected chi connectivity index (χ1v) is 6.29. The van der Waals surface area contributed by atoms with Gasteiger partial charge in [0.15, 0.2) is 0 Å². The van der Waals surface area contributed by atoms with Crippen LogP contribution in [0.25, 0.3) is 0 Å². The SMILES string of the molecule is CC(C)NCCCCCOCCCC(F)(F)F. The second-order valence-corrected chi connectivity index (χ2v) is 4.50. The Kier molecular flexibility index (Phi) is 9.55. The van der Waals surface area contributed by atoms with E-state index in [0.29, 0.717) is 12.6 Å². The van der Waals surface area contributed by atoms with E-state index in [1.165, 1.54) is 0 Å². The van der Waals surface area contributed by atoms with Crippen molar-refractivity contribution in [2.45, 2.75) is 58.2 Å². The Morgan fingerprint density at radius 1 is 1.00 bits per heavy atom. The summed E-state index contributed by atoms with van der Waals surface area (Å²) >= 11 is 0. The van der Waals surface area contributed by atoms with Crippen LogP contribution >= 0.6 is 0 Å². The fourth-order valence-electron chi connectivity index (χ4n) is 1.37. The lowest BCUT2D eigenvalue weighted by atomic mass is 10.2. The van der Waals surface area contributed by atoms with Crippen LogP contribution in [0.4, 0.5) is 13.2 Å². The van der Waals surface area contributed by atoms with E-state index in [0.717, 1.165) is 25.8 Å². The molecule has 0 bridgehead atoms. The summed E-state index contributed by atoms with van der Waals surface area (Å²) in [5, 5.41) is 3.31. The third-order valence-electron chi connectivity index (χ3n) is 2.27. The lowest BCUT2D eigenvalue weighted by molar-refractivity contribution is -0.137. The second-order valence-electron chi connectivity index (χ2n) is 4.50. The van der Waals surface area contributed by atoms with Crippen LogP contribution in [0.2, 0.25) is 0 Å². The van der Waals surface area contributed by atoms with Gasteiger partial charge in [0.05, 0.1) is 0 Å². The highest BCUT2D eigenvalue weighted by atomic mass is 19.4. The third-order valence-corrected chi connectivity index (χ3v) is 2.27. The molecular formula is C12H24F3NO. The highest BCUT2D eigenvalue weighted by Gasteiger charge is 2.25. The maximum Gasteiger partial charge on any atom is 0.389 e. The van der Waals surface area contributed by atoms with Gasteiger partial charge in [0.25, 0.3) is 0 Å². The summed E-state index contributed by atoms with van der Waals surface area (Å²) in [6.07, 6.45) is -1.66. The van der Waals surface area contributed by atoms with Crippen molar-refractivity contribution in [3.8, 4) is 0 Å². The number of rotatable bonds is 10. The van der Waals surface area contributed by atoms with E-state index in [-0.39, 0.29) is 13.0 Å². The van der Waals surface area contributed by atoms with Crippen molar-refractivity contribution >= 4 is 0 Å². The number of hydrogen-bond acceptors (Lipinski definition) is 2. The summed E-state index contributed by atoms with van der Waals surface area (Å²) in [4.78, 5) is 0. The molecule has 0 aliphatic rings. The maximum absolute atomic E-state index is 11.8. The molecular weight excluding hydrogens is 231 g/mol. The van der Waals surface area contributed by atoms with Crippen LogP contribution in [0.3, 0.4) is 0 Å². The minimum absolute atomic E-state index is 0.0679. The Labute approximate surface area is 102 Å². The van der Waals surface area contributed by atoms with Gasteiger partial charge in [-0.25, -0.2) is 0 Å². The largest absolute Gasteiger partial charge is 0.389 e. The van der Waals surface area contributed by atoms with E-state index in [9.17, 15) is 13.2 Å². The first-order chi connectivity index (χ1) is 7.92. The Hall–Kier alpha value is -0.290. The van der Waals surface area contributed by atoms with Crippen LogP contribution < -0.4 is 5.32 Å². The molecule has 0 heterocycles. The number of ether oxygens (including phenoxy) is 1. The molecule has 104 valence electrons. The lowest BCUT2D eigenvalue weighted by Gasteiger charge is -2.08. The van der Waals surface area contributed by atoms with E-state index < -0.39 is 12.6 Å². The molecule has 0 rings (SSSR count). The van der Waals surface area contributed by atoms with Crippen LogP contribution in [0.1, 0.15) is 46.0 Å². The van der Waals surface area contributed by atoms with Crippen LogP contribution in [0.5, 0.6) is 0 Å². The Morgan fingerprint density at radius 3 is 2.24 bits per heavy atom. The van der Waals surface area contributed by atoms with Gasteiger partial charge in [-0.1, -0.05) is 13.8 Å². The van der Waals surface area contributed by atoms with Crippen molar-refractivity contribution in [1.82, 2.24) is 5.32 Å². The molecule has 17 heavy (non-hydrogen) atoms. The van der Waals surface area contributed by atoms with Crippen LogP contribution in [-0.4, -0.2) is 32.0 Å². The molecule has 0 atom stereocenters. The van der Waals surface area contributed by atoms with Crippen LogP contribution in [-0.2, 0) is 4.74 Å². The average Bonchev–Trinajstić information content (AvgIpc) is 2.18. The van der Waals surface area contributed by atoms with Gasteiger partial charge >= 0.3 is 6.18 Å². The zero-order valence-corrected chi connectivity index (χ0v) is 10.8. The topological polar surface area (TPSA) is 21.3 Å². The van der Waals surface area contributed by atoms with Gasteiger partial charge in [0, 0.05) is 25.7 Å². The second kappa shape index (κ2) is 9.71. The predicted molar refractivity (Wildman–Crippen MR) is 63.1 cm³/mol. The van der Waals surface area contributed by atoms with Gasteiger partial charge in [0.1, 0.15) is 0 Å². The summed E-state index contributed by atoms with van der Waals surface area (Å²) in [6.45, 7) is 5.97. The fourth-order valence-corrected chi connectivity index (χ4v) is 1.37. The number of unbranched alkanes of at least 4 members (excludes halogenated alkanes) is 2. The third kappa shape index (κ3) is 15.7. The van der Waals surface area contributed by atoms with Crippen molar-refractivity contribution in [2.75, 3.05) is 19.8 Å². The predicted octanol–water partition coefficient (Wildman–Crippen LogP) is 3.51. The number of nitrogens with one attached hydrogen (secondary N) is 1. The summed E-state index contributed by atoms with van der Waals surface area (Å²) in [6, 6.07) is 0.508. The molecule has 0 aromatic rings. The van der Waals surface area contributed by atoms with Crippen LogP contribution in [0.15, 0.2) is 0 Å². The Bertz CT molecular complexity index is 172. The molecule has 0 aromatic carbocycles. The van der Waals surface area contributed by atoms with E-state index in [2.05, 4.69) is 19.2 Å². The minimum Gasteiger partial charge on any atom is -0.381 e. The Morgan fingerprint density at radius 2 is 1.65 bits per heavy atom. The standard InChI is InChI=1S/C12H24F3NO/c1-11(2)16-8-4-3-5-9-17-10-6-7-12(13,14)15/h11,16H,3-10H2,1-2H3. The van der Waals surface area contributed by atoms with Gasteiger partial charge in [-0.2, -0.15) is 13.2 Å². The zero-order valence-electron chi connectivity index (χ0n) is 10.8. The van der Waals surface area contributed by atoms with Gasteiger partial charge in [-0.15, -0.1) is 0 Å². The lowest BCUT2D eigenvalue weighted by Crippen LogP contribution is -2.23.